The van der Waals surface area contributed by atoms with Gasteiger partial charge in [-0.2, -0.15) is 0 Å². The van der Waals surface area contributed by atoms with E-state index in [-0.39, 0.29) is 0 Å². The fourth-order valence-electron chi connectivity index (χ4n) is 2.17. The maximum absolute atomic E-state index is 4.05. The van der Waals surface area contributed by atoms with E-state index in [1.54, 1.807) is 0 Å². The van der Waals surface area contributed by atoms with E-state index in [0.717, 1.165) is 6.42 Å². The summed E-state index contributed by atoms with van der Waals surface area (Å²) in [6.07, 6.45) is 14.0. The van der Waals surface area contributed by atoms with E-state index >= 15 is 0 Å². The summed E-state index contributed by atoms with van der Waals surface area (Å²) in [7, 11) is 0. The van der Waals surface area contributed by atoms with Crippen LogP contribution in [0.4, 0.5) is 0 Å². The van der Waals surface area contributed by atoms with Crippen molar-refractivity contribution in [3.8, 4) is 0 Å². The predicted molar refractivity (Wildman–Crippen MR) is 64.3 cm³/mol. The lowest BCUT2D eigenvalue weighted by Crippen LogP contribution is -2.28. The van der Waals surface area contributed by atoms with Crippen LogP contribution in [0, 0.1) is 5.41 Å². The minimum atomic E-state index is 0.672. The van der Waals surface area contributed by atoms with E-state index in [1.165, 1.54) is 37.7 Å². The first kappa shape index (κ1) is 11.3. The summed E-state index contributed by atoms with van der Waals surface area (Å²) < 4.78 is 0. The van der Waals surface area contributed by atoms with E-state index in [4.69, 9.17) is 0 Å². The average molecular weight is 190 g/mol. The number of allylic oxidation sites excluding steroid dienone is 4. The van der Waals surface area contributed by atoms with Crippen LogP contribution in [0.2, 0.25) is 0 Å². The summed E-state index contributed by atoms with van der Waals surface area (Å²) in [4.78, 5) is 0. The first-order valence-corrected chi connectivity index (χ1v) is 5.69. The van der Waals surface area contributed by atoms with E-state index in [1.807, 2.05) is 12.2 Å². The van der Waals surface area contributed by atoms with Gasteiger partial charge in [-0.3, -0.25) is 0 Å². The van der Waals surface area contributed by atoms with Crippen LogP contribution >= 0.6 is 0 Å². The van der Waals surface area contributed by atoms with Crippen LogP contribution in [-0.4, -0.2) is 0 Å². The van der Waals surface area contributed by atoms with Crippen LogP contribution in [0.3, 0.4) is 0 Å². The Labute approximate surface area is 88.4 Å². The molecule has 78 valence electrons. The van der Waals surface area contributed by atoms with E-state index in [9.17, 15) is 0 Å². The van der Waals surface area contributed by atoms with Crippen molar-refractivity contribution in [3.63, 3.8) is 0 Å². The molecule has 1 saturated carbocycles. The van der Waals surface area contributed by atoms with Crippen molar-refractivity contribution in [3.05, 3.63) is 37.0 Å². The Kier molecular flexibility index (Phi) is 4.19. The van der Waals surface area contributed by atoms with Crippen LogP contribution in [-0.2, 0) is 0 Å². The van der Waals surface area contributed by atoms with Gasteiger partial charge in [0.2, 0.25) is 0 Å². The van der Waals surface area contributed by atoms with Crippen molar-refractivity contribution < 1.29 is 0 Å². The lowest BCUT2D eigenvalue weighted by atomic mass is 9.64. The van der Waals surface area contributed by atoms with E-state index in [0.29, 0.717) is 5.41 Å². The second kappa shape index (κ2) is 5.19. The minimum absolute atomic E-state index is 0.672. The fraction of sp³-hybridized carbons (Fsp3) is 0.571. The van der Waals surface area contributed by atoms with Crippen LogP contribution in [0.15, 0.2) is 37.0 Å². The highest BCUT2D eigenvalue weighted by atomic mass is 14.4. The molecule has 0 atom stereocenters. The average Bonchev–Trinajstić information content (AvgIpc) is 2.14. The van der Waals surface area contributed by atoms with Gasteiger partial charge in [-0.05, 0) is 31.1 Å². The Hall–Kier alpha value is -0.780. The Morgan fingerprint density at radius 3 is 2.57 bits per heavy atom. The van der Waals surface area contributed by atoms with Crippen LogP contribution in [0.5, 0.6) is 0 Å². The van der Waals surface area contributed by atoms with Gasteiger partial charge < -0.3 is 0 Å². The zero-order valence-electron chi connectivity index (χ0n) is 9.39. The summed E-state index contributed by atoms with van der Waals surface area (Å²) in [6, 6.07) is 0. The van der Waals surface area contributed by atoms with Gasteiger partial charge >= 0.3 is 0 Å². The molecular weight excluding hydrogens is 168 g/mol. The molecule has 14 heavy (non-hydrogen) atoms. The van der Waals surface area contributed by atoms with Gasteiger partial charge in [0.15, 0.2) is 0 Å². The van der Waals surface area contributed by atoms with Gasteiger partial charge in [-0.15, -0.1) is 0 Å². The minimum Gasteiger partial charge on any atom is -0.0991 e. The molecular formula is C14H22. The normalized spacial score (nSPS) is 19.2. The van der Waals surface area contributed by atoms with Gasteiger partial charge in [0, 0.05) is 0 Å². The molecule has 0 bridgehead atoms. The maximum atomic E-state index is 4.05. The second-order valence-electron chi connectivity index (χ2n) is 4.46. The highest BCUT2D eigenvalue weighted by Gasteiger charge is 2.34. The van der Waals surface area contributed by atoms with Crippen molar-refractivity contribution >= 4 is 0 Å². The molecule has 0 heterocycles. The van der Waals surface area contributed by atoms with Crippen LogP contribution in [0.1, 0.15) is 45.4 Å². The molecule has 0 nitrogen and oxygen atoms in total. The molecule has 0 amide bonds. The Morgan fingerprint density at radius 2 is 2.14 bits per heavy atom. The molecule has 0 heteroatoms. The summed E-state index contributed by atoms with van der Waals surface area (Å²) in [5, 5.41) is 0. The van der Waals surface area contributed by atoms with Crippen LogP contribution in [0.25, 0.3) is 0 Å². The molecule has 1 rings (SSSR count). The predicted octanol–water partition coefficient (Wildman–Crippen LogP) is 4.65. The Bertz CT molecular complexity index is 223. The molecule has 0 aromatic rings. The van der Waals surface area contributed by atoms with E-state index < -0.39 is 0 Å². The maximum Gasteiger partial charge on any atom is -0.0279 e. The monoisotopic (exact) mass is 190 g/mol. The zero-order valence-corrected chi connectivity index (χ0v) is 9.39. The van der Waals surface area contributed by atoms with Crippen LogP contribution < -0.4 is 0 Å². The van der Waals surface area contributed by atoms with Crippen molar-refractivity contribution in [2.45, 2.75) is 45.4 Å². The molecule has 1 fully saturated rings. The first-order chi connectivity index (χ1) is 6.72. The molecule has 1 aliphatic rings. The molecule has 1 aliphatic carbocycles. The Morgan fingerprint density at radius 1 is 1.43 bits per heavy atom. The largest absolute Gasteiger partial charge is 0.0991 e. The lowest BCUT2D eigenvalue weighted by Gasteiger charge is -2.41. The third-order valence-corrected chi connectivity index (χ3v) is 3.61. The van der Waals surface area contributed by atoms with Crippen molar-refractivity contribution in [1.29, 1.82) is 0 Å². The lowest BCUT2D eigenvalue weighted by molar-refractivity contribution is 0.114. The summed E-state index contributed by atoms with van der Waals surface area (Å²) in [6.45, 7) is 10.0. The standard InChI is InChI=1S/C14H22/c1-4-6-8-13(3)9-12-14(5-2)10-7-11-14/h4,6,8H,1,3,5,7,9-12H2,2H3/b8-6-. The topological polar surface area (TPSA) is 0 Å². The fourth-order valence-corrected chi connectivity index (χ4v) is 2.17. The summed E-state index contributed by atoms with van der Waals surface area (Å²) in [5.41, 5.74) is 1.91. The van der Waals surface area contributed by atoms with Gasteiger partial charge in [0.05, 0.1) is 0 Å². The molecule has 0 aromatic carbocycles. The summed E-state index contributed by atoms with van der Waals surface area (Å²) >= 11 is 0. The number of hydrogen-bond donors (Lipinski definition) is 0. The number of hydrogen-bond acceptors (Lipinski definition) is 0. The first-order valence-electron chi connectivity index (χ1n) is 5.69. The van der Waals surface area contributed by atoms with Gasteiger partial charge in [-0.25, -0.2) is 0 Å². The zero-order chi connectivity index (χ0) is 10.4. The highest BCUT2D eigenvalue weighted by molar-refractivity contribution is 5.18. The molecule has 0 saturated heterocycles. The summed E-state index contributed by atoms with van der Waals surface area (Å²) in [5.74, 6) is 0. The molecule has 0 unspecified atom stereocenters. The smallest absolute Gasteiger partial charge is 0.0279 e. The molecule has 0 spiro atoms. The van der Waals surface area contributed by atoms with Gasteiger partial charge in [-0.1, -0.05) is 56.7 Å². The molecule has 0 aromatic heterocycles. The molecule has 0 N–H and O–H groups in total. The third kappa shape index (κ3) is 2.87. The quantitative estimate of drug-likeness (QED) is 0.535. The highest BCUT2D eigenvalue weighted by Crippen LogP contribution is 2.47. The van der Waals surface area contributed by atoms with E-state index in [2.05, 4.69) is 26.2 Å². The van der Waals surface area contributed by atoms with Crippen molar-refractivity contribution in [1.82, 2.24) is 0 Å². The van der Waals surface area contributed by atoms with Gasteiger partial charge in [0.25, 0.3) is 0 Å². The Balaban J connectivity index is 2.28. The van der Waals surface area contributed by atoms with Crippen molar-refractivity contribution in [2.75, 3.05) is 0 Å². The SMILES string of the molecule is C=C/C=C\C(=C)CCC1(CC)CCC1. The molecule has 0 aliphatic heterocycles. The number of rotatable bonds is 6. The third-order valence-electron chi connectivity index (χ3n) is 3.61. The second-order valence-corrected chi connectivity index (χ2v) is 4.46. The van der Waals surface area contributed by atoms with Gasteiger partial charge in [0.1, 0.15) is 0 Å². The van der Waals surface area contributed by atoms with Crippen molar-refractivity contribution in [2.24, 2.45) is 5.41 Å². The molecule has 0 radical (unpaired) electrons.